The number of rotatable bonds is 5. The molecule has 2 N–H and O–H groups in total. The van der Waals surface area contributed by atoms with Crippen LogP contribution < -0.4 is 10.1 Å². The zero-order valence-corrected chi connectivity index (χ0v) is 22.6. The van der Waals surface area contributed by atoms with Crippen LogP contribution in [0.2, 0.25) is 0 Å². The van der Waals surface area contributed by atoms with Crippen LogP contribution in [0, 0.1) is 10.8 Å². The second kappa shape index (κ2) is 8.73. The number of halogens is 6. The Balaban J connectivity index is 1.20. The number of hydrogen-bond acceptors (Lipinski definition) is 6. The average molecular weight is 596 g/mol. The highest BCUT2D eigenvalue weighted by Crippen LogP contribution is 2.82. The minimum atomic E-state index is -4.73. The maximum atomic E-state index is 14.2. The maximum Gasteiger partial charge on any atom is 0.418 e. The number of fused-ring (bicyclic) bond motifs is 1. The summed E-state index contributed by atoms with van der Waals surface area (Å²) in [6.07, 6.45) is -7.18. The average Bonchev–Trinajstić information content (AvgIpc) is 3.16. The molecule has 2 saturated heterocycles. The molecule has 7 rings (SSSR count). The van der Waals surface area contributed by atoms with Crippen LogP contribution in [-0.4, -0.2) is 65.0 Å². The Morgan fingerprint density at radius 2 is 1.75 bits per heavy atom. The molecule has 1 aromatic carbocycles. The zero-order chi connectivity index (χ0) is 28.9. The Labute approximate surface area is 227 Å². The van der Waals surface area contributed by atoms with Crippen LogP contribution in [0.4, 0.5) is 26.3 Å². The fourth-order valence-corrected chi connectivity index (χ4v) is 9.18. The quantitative estimate of drug-likeness (QED) is 0.483. The van der Waals surface area contributed by atoms with Gasteiger partial charge in [-0.05, 0) is 57.9 Å². The van der Waals surface area contributed by atoms with Gasteiger partial charge in [-0.25, -0.2) is 13.4 Å². The van der Waals surface area contributed by atoms with Gasteiger partial charge in [0.2, 0.25) is 0 Å². The van der Waals surface area contributed by atoms with Gasteiger partial charge in [0.15, 0.2) is 0 Å². The molecule has 3 saturated carbocycles. The summed E-state index contributed by atoms with van der Waals surface area (Å²) in [5.74, 6) is -0.268. The number of hydrogen-bond donors (Lipinski definition) is 2. The smallest absolute Gasteiger partial charge is 0.418 e. The normalized spacial score (nSPS) is 36.2. The number of ether oxygens (including phenoxy) is 1. The van der Waals surface area contributed by atoms with E-state index in [0.717, 1.165) is 6.07 Å². The first-order valence-electron chi connectivity index (χ1n) is 13.4. The van der Waals surface area contributed by atoms with E-state index in [4.69, 9.17) is 4.74 Å². The lowest BCUT2D eigenvalue weighted by atomic mass is 9.29. The number of nitrogens with zero attached hydrogens (tertiary/aromatic N) is 2. The maximum absolute atomic E-state index is 14.2. The molecule has 3 aliphatic carbocycles. The molecular formula is C26H31F6N3O4S. The molecule has 0 radical (unpaired) electrons. The molecule has 1 aromatic heterocycles. The van der Waals surface area contributed by atoms with Gasteiger partial charge in [0.05, 0.1) is 45.4 Å². The lowest BCUT2D eigenvalue weighted by Gasteiger charge is -2.76. The largest absolute Gasteiger partial charge is 0.492 e. The summed E-state index contributed by atoms with van der Waals surface area (Å²) in [7, 11) is -3.20. The van der Waals surface area contributed by atoms with E-state index < -0.39 is 56.3 Å². The number of nitrogens with one attached hydrogen (secondary N) is 1. The Bertz CT molecular complexity index is 1400. The van der Waals surface area contributed by atoms with Gasteiger partial charge in [-0.15, -0.1) is 0 Å². The molecule has 3 heterocycles. The molecule has 7 nitrogen and oxygen atoms in total. The van der Waals surface area contributed by atoms with Crippen molar-refractivity contribution < 1.29 is 44.6 Å². The molecule has 40 heavy (non-hydrogen) atoms. The molecule has 0 spiro atoms. The molecule has 5 fully saturated rings. The summed E-state index contributed by atoms with van der Waals surface area (Å²) in [6, 6.07) is 1.17. The third kappa shape index (κ3) is 4.39. The highest BCUT2D eigenvalue weighted by molar-refractivity contribution is 7.91. The summed E-state index contributed by atoms with van der Waals surface area (Å²) < 4.78 is 113. The van der Waals surface area contributed by atoms with E-state index in [1.807, 2.05) is 6.92 Å². The van der Waals surface area contributed by atoms with Crippen molar-refractivity contribution in [2.45, 2.75) is 87.9 Å². The Morgan fingerprint density at radius 1 is 1.10 bits per heavy atom. The lowest BCUT2D eigenvalue weighted by molar-refractivity contribution is -0.403. The summed E-state index contributed by atoms with van der Waals surface area (Å²) in [6.45, 7) is 1.73. The van der Waals surface area contributed by atoms with Gasteiger partial charge < -0.3 is 19.7 Å². The van der Waals surface area contributed by atoms with Gasteiger partial charge in [-0.2, -0.15) is 26.3 Å². The number of sulfone groups is 1. The van der Waals surface area contributed by atoms with Crippen molar-refractivity contribution in [1.29, 1.82) is 0 Å². The number of piperidine rings is 1. The summed E-state index contributed by atoms with van der Waals surface area (Å²) in [5, 5.41) is 14.8. The number of benzene rings is 1. The van der Waals surface area contributed by atoms with Crippen molar-refractivity contribution in [2.24, 2.45) is 10.8 Å². The van der Waals surface area contributed by atoms with Crippen molar-refractivity contribution in [3.8, 4) is 5.75 Å². The van der Waals surface area contributed by atoms with Crippen molar-refractivity contribution in [1.82, 2.24) is 14.9 Å². The van der Waals surface area contributed by atoms with Crippen LogP contribution in [0.25, 0.3) is 11.0 Å². The van der Waals surface area contributed by atoms with Crippen LogP contribution >= 0.6 is 0 Å². The van der Waals surface area contributed by atoms with Gasteiger partial charge in [0.1, 0.15) is 22.2 Å². The molecule has 0 unspecified atom stereocenters. The predicted octanol–water partition coefficient (Wildman–Crippen LogP) is 4.79. The third-order valence-electron chi connectivity index (χ3n) is 9.68. The second-order valence-electron chi connectivity index (χ2n) is 12.5. The van der Waals surface area contributed by atoms with Crippen LogP contribution in [0.1, 0.15) is 63.5 Å². The molecule has 2 bridgehead atoms. The molecule has 2 aromatic rings. The monoisotopic (exact) mass is 595 g/mol. The fourth-order valence-electron chi connectivity index (χ4n) is 7.71. The minimum absolute atomic E-state index is 0.0612. The van der Waals surface area contributed by atoms with Gasteiger partial charge in [-0.3, -0.25) is 0 Å². The summed E-state index contributed by atoms with van der Waals surface area (Å²) in [5.41, 5.74) is -4.81. The van der Waals surface area contributed by atoms with Gasteiger partial charge in [0, 0.05) is 29.6 Å². The second-order valence-corrected chi connectivity index (χ2v) is 14.8. The predicted molar refractivity (Wildman–Crippen MR) is 132 cm³/mol. The number of aromatic nitrogens is 2. The molecule has 0 amide bonds. The van der Waals surface area contributed by atoms with Crippen molar-refractivity contribution in [3.63, 3.8) is 0 Å². The Hall–Kier alpha value is -2.06. The van der Waals surface area contributed by atoms with Gasteiger partial charge in [0.25, 0.3) is 0 Å². The van der Waals surface area contributed by atoms with E-state index >= 15 is 0 Å². The van der Waals surface area contributed by atoms with E-state index in [-0.39, 0.29) is 79.5 Å². The van der Waals surface area contributed by atoms with Crippen LogP contribution in [0.3, 0.4) is 0 Å². The standard InChI is InChI=1S/C26H31F6N3O4S/c1-15-8-24(36,22-11-23(12-22,13-22)26(30,31)32)9-16(34-15)10-39-18-6-19(25(27,28)29)21-20(7-18)33-14-35(21)17-2-4-40(37,38)5-3-17/h6-7,14-17,34,36H,2-5,8-13H2,1H3/t15-,16-,22?,23?,24-/m0/s1. The van der Waals surface area contributed by atoms with E-state index in [0.29, 0.717) is 6.42 Å². The molecule has 5 aliphatic rings. The number of imidazole rings is 1. The number of aliphatic hydroxyl groups is 1. The minimum Gasteiger partial charge on any atom is -0.492 e. The molecular weight excluding hydrogens is 564 g/mol. The Morgan fingerprint density at radius 3 is 2.35 bits per heavy atom. The third-order valence-corrected chi connectivity index (χ3v) is 11.4. The van der Waals surface area contributed by atoms with E-state index in [9.17, 15) is 39.9 Å². The van der Waals surface area contributed by atoms with Crippen LogP contribution in [0.5, 0.6) is 5.75 Å². The molecule has 222 valence electrons. The van der Waals surface area contributed by atoms with Crippen molar-refractivity contribution in [2.75, 3.05) is 18.1 Å². The fraction of sp³-hybridized carbons (Fsp3) is 0.731. The van der Waals surface area contributed by atoms with E-state index in [2.05, 4.69) is 10.3 Å². The summed E-state index contributed by atoms with van der Waals surface area (Å²) >= 11 is 0. The first-order chi connectivity index (χ1) is 18.5. The SMILES string of the molecule is C[C@H]1C[C@@](O)(C23CC(C(F)(F)F)(C2)C3)C[C@@H](COc2cc(C(F)(F)F)c3c(c2)ncn3C2CCS(=O)(=O)CC2)N1. The van der Waals surface area contributed by atoms with Gasteiger partial charge in [-0.1, -0.05) is 0 Å². The highest BCUT2D eigenvalue weighted by Gasteiger charge is 2.83. The van der Waals surface area contributed by atoms with Crippen LogP contribution in [0.15, 0.2) is 18.5 Å². The van der Waals surface area contributed by atoms with Gasteiger partial charge >= 0.3 is 12.4 Å². The summed E-state index contributed by atoms with van der Waals surface area (Å²) in [4.78, 5) is 4.16. The lowest BCUT2D eigenvalue weighted by Crippen LogP contribution is -2.78. The van der Waals surface area contributed by atoms with Crippen molar-refractivity contribution >= 4 is 20.9 Å². The highest BCUT2D eigenvalue weighted by atomic mass is 32.2. The zero-order valence-electron chi connectivity index (χ0n) is 21.8. The van der Waals surface area contributed by atoms with E-state index in [1.165, 1.54) is 17.0 Å². The first-order valence-corrected chi connectivity index (χ1v) is 15.2. The first kappa shape index (κ1) is 28.1. The molecule has 3 atom stereocenters. The molecule has 2 aliphatic heterocycles. The van der Waals surface area contributed by atoms with Crippen LogP contribution in [-0.2, 0) is 16.0 Å². The Kier molecular flexibility index (Phi) is 6.13. The van der Waals surface area contributed by atoms with Crippen molar-refractivity contribution in [3.05, 3.63) is 24.0 Å². The molecule has 14 heteroatoms. The topological polar surface area (TPSA) is 93.4 Å². The van der Waals surface area contributed by atoms with E-state index in [1.54, 1.807) is 0 Å². The number of alkyl halides is 6.